The third kappa shape index (κ3) is 10.0. The molecule has 0 heterocycles. The molecule has 1 aromatic carbocycles. The molecule has 0 aliphatic heterocycles. The molecule has 0 aliphatic carbocycles. The summed E-state index contributed by atoms with van der Waals surface area (Å²) >= 11 is 0. The van der Waals surface area contributed by atoms with Gasteiger partial charge in [0.2, 0.25) is 0 Å². The Morgan fingerprint density at radius 3 is 1.94 bits per heavy atom. The zero-order valence-corrected chi connectivity index (χ0v) is 20.6. The van der Waals surface area contributed by atoms with Gasteiger partial charge in [-0.05, 0) is 77.1 Å². The fourth-order valence-electron chi connectivity index (χ4n) is 2.88. The van der Waals surface area contributed by atoms with E-state index in [1.807, 2.05) is 6.92 Å². The van der Waals surface area contributed by atoms with Crippen molar-refractivity contribution in [3.05, 3.63) is 29.3 Å². The van der Waals surface area contributed by atoms with E-state index in [1.165, 1.54) is 0 Å². The maximum Gasteiger partial charge on any atom is 0.419 e. The van der Waals surface area contributed by atoms with Gasteiger partial charge in [-0.15, -0.1) is 0 Å². The van der Waals surface area contributed by atoms with Crippen LogP contribution in [0.2, 0.25) is 0 Å². The van der Waals surface area contributed by atoms with E-state index in [9.17, 15) is 18.0 Å². The maximum atomic E-state index is 12.6. The number of nitrogen functional groups attached to an aromatic ring is 1. The lowest BCUT2D eigenvalue weighted by atomic mass is 9.93. The largest absolute Gasteiger partial charge is 0.443 e. The third-order valence-corrected chi connectivity index (χ3v) is 4.96. The molecule has 0 spiro atoms. The molecular formula is C22H36N2O6S. The summed E-state index contributed by atoms with van der Waals surface area (Å²) in [7, 11) is -3.26. The van der Waals surface area contributed by atoms with Crippen molar-refractivity contribution in [2.24, 2.45) is 0 Å². The van der Waals surface area contributed by atoms with Crippen LogP contribution in [0.4, 0.5) is 15.3 Å². The van der Waals surface area contributed by atoms with Gasteiger partial charge in [0.1, 0.15) is 11.2 Å². The van der Waals surface area contributed by atoms with E-state index in [0.29, 0.717) is 17.7 Å². The lowest BCUT2D eigenvalue weighted by molar-refractivity contribution is 0.00106. The molecule has 31 heavy (non-hydrogen) atoms. The van der Waals surface area contributed by atoms with Crippen molar-refractivity contribution in [1.82, 2.24) is 4.90 Å². The molecule has 1 aromatic rings. The summed E-state index contributed by atoms with van der Waals surface area (Å²) in [6.07, 6.45) is -0.0264. The Balaban J connectivity index is 3.09. The lowest BCUT2D eigenvalue weighted by Crippen LogP contribution is -2.44. The van der Waals surface area contributed by atoms with Crippen LogP contribution < -0.4 is 5.73 Å². The average molecular weight is 457 g/mol. The van der Waals surface area contributed by atoms with Crippen molar-refractivity contribution in [2.75, 3.05) is 18.5 Å². The van der Waals surface area contributed by atoms with E-state index in [0.717, 1.165) is 16.7 Å². The van der Waals surface area contributed by atoms with Gasteiger partial charge >= 0.3 is 12.2 Å². The number of imide groups is 1. The first-order valence-electron chi connectivity index (χ1n) is 10.2. The average Bonchev–Trinajstić information content (AvgIpc) is 2.49. The second-order valence-electron chi connectivity index (χ2n) is 9.83. The topological polar surface area (TPSA) is 116 Å². The SMILES string of the molecule is C[C@@H](CCN(C(=O)OC(C)(C)C)C(=O)OC(C)(C)C)c1ccc(N)cc1CS(C)(=O)=O. The van der Waals surface area contributed by atoms with Crippen molar-refractivity contribution in [2.45, 2.75) is 77.8 Å². The zero-order valence-electron chi connectivity index (χ0n) is 19.8. The van der Waals surface area contributed by atoms with Crippen LogP contribution in [0.3, 0.4) is 0 Å². The highest BCUT2D eigenvalue weighted by atomic mass is 32.2. The van der Waals surface area contributed by atoms with Crippen LogP contribution in [0.5, 0.6) is 0 Å². The van der Waals surface area contributed by atoms with Crippen molar-refractivity contribution in [3.63, 3.8) is 0 Å². The van der Waals surface area contributed by atoms with Gasteiger partial charge < -0.3 is 15.2 Å². The number of rotatable bonds is 6. The predicted molar refractivity (Wildman–Crippen MR) is 122 cm³/mol. The molecule has 9 heteroatoms. The summed E-state index contributed by atoms with van der Waals surface area (Å²) in [5, 5.41) is 0. The van der Waals surface area contributed by atoms with Gasteiger partial charge in [-0.3, -0.25) is 0 Å². The molecule has 0 aromatic heterocycles. The summed E-state index contributed by atoms with van der Waals surface area (Å²) in [5.74, 6) is -0.288. The molecule has 0 unspecified atom stereocenters. The predicted octanol–water partition coefficient (Wildman–Crippen LogP) is 4.48. The quantitative estimate of drug-likeness (QED) is 0.627. The number of anilines is 1. The highest BCUT2D eigenvalue weighted by molar-refractivity contribution is 7.89. The number of nitrogens with zero attached hydrogens (tertiary/aromatic N) is 1. The molecule has 0 bridgehead atoms. The number of ether oxygens (including phenoxy) is 2. The number of benzene rings is 1. The van der Waals surface area contributed by atoms with Crippen LogP contribution in [-0.2, 0) is 25.1 Å². The lowest BCUT2D eigenvalue weighted by Gasteiger charge is -2.29. The highest BCUT2D eigenvalue weighted by Crippen LogP contribution is 2.27. The third-order valence-electron chi connectivity index (χ3n) is 4.13. The molecule has 8 nitrogen and oxygen atoms in total. The van der Waals surface area contributed by atoms with Gasteiger partial charge in [0.05, 0.1) is 5.75 Å². The smallest absolute Gasteiger partial charge is 0.419 e. The van der Waals surface area contributed by atoms with E-state index < -0.39 is 33.2 Å². The van der Waals surface area contributed by atoms with Crippen LogP contribution in [0, 0.1) is 0 Å². The Kier molecular flexibility index (Phi) is 8.53. The Hall–Kier alpha value is -2.29. The fraction of sp³-hybridized carbons (Fsp3) is 0.636. The summed E-state index contributed by atoms with van der Waals surface area (Å²) in [5.41, 5.74) is 6.17. The van der Waals surface area contributed by atoms with Crippen molar-refractivity contribution < 1.29 is 27.5 Å². The second kappa shape index (κ2) is 9.89. The van der Waals surface area contributed by atoms with Gasteiger partial charge in [-0.1, -0.05) is 13.0 Å². The zero-order chi connectivity index (χ0) is 24.2. The van der Waals surface area contributed by atoms with E-state index in [4.69, 9.17) is 15.2 Å². The molecule has 2 N–H and O–H groups in total. The van der Waals surface area contributed by atoms with E-state index in [-0.39, 0.29) is 18.2 Å². The van der Waals surface area contributed by atoms with Crippen molar-refractivity contribution in [3.8, 4) is 0 Å². The summed E-state index contributed by atoms with van der Waals surface area (Å²) in [6.45, 7) is 12.2. The molecule has 0 aliphatic rings. The van der Waals surface area contributed by atoms with E-state index >= 15 is 0 Å². The number of hydrogen-bond donors (Lipinski definition) is 1. The first kappa shape index (κ1) is 26.7. The summed E-state index contributed by atoms with van der Waals surface area (Å²) in [6, 6.07) is 5.13. The van der Waals surface area contributed by atoms with Crippen LogP contribution >= 0.6 is 0 Å². The number of sulfone groups is 1. The van der Waals surface area contributed by atoms with Crippen LogP contribution in [0.1, 0.15) is 71.9 Å². The minimum atomic E-state index is -3.26. The Bertz CT molecular complexity index is 870. The first-order valence-corrected chi connectivity index (χ1v) is 12.2. The van der Waals surface area contributed by atoms with Crippen molar-refractivity contribution >= 4 is 27.7 Å². The Morgan fingerprint density at radius 2 is 1.52 bits per heavy atom. The van der Waals surface area contributed by atoms with Gasteiger partial charge in [-0.25, -0.2) is 22.9 Å². The molecule has 0 fully saturated rings. The second-order valence-corrected chi connectivity index (χ2v) is 12.0. The minimum Gasteiger partial charge on any atom is -0.443 e. The Morgan fingerprint density at radius 1 is 1.03 bits per heavy atom. The number of carbonyl (C=O) groups excluding carboxylic acids is 2. The molecule has 1 atom stereocenters. The number of hydrogen-bond acceptors (Lipinski definition) is 7. The molecule has 0 radical (unpaired) electrons. The highest BCUT2D eigenvalue weighted by Gasteiger charge is 2.31. The number of nitrogens with two attached hydrogens (primary N) is 1. The van der Waals surface area contributed by atoms with Crippen molar-refractivity contribution in [1.29, 1.82) is 0 Å². The monoisotopic (exact) mass is 456 g/mol. The molecular weight excluding hydrogens is 420 g/mol. The number of carbonyl (C=O) groups is 2. The summed E-state index contributed by atoms with van der Waals surface area (Å²) < 4.78 is 34.4. The first-order chi connectivity index (χ1) is 13.9. The van der Waals surface area contributed by atoms with Gasteiger partial charge in [0.25, 0.3) is 0 Å². The number of amides is 2. The van der Waals surface area contributed by atoms with Crippen LogP contribution in [0.15, 0.2) is 18.2 Å². The molecule has 0 saturated carbocycles. The van der Waals surface area contributed by atoms with E-state index in [2.05, 4.69) is 0 Å². The van der Waals surface area contributed by atoms with Gasteiger partial charge in [0.15, 0.2) is 9.84 Å². The minimum absolute atomic E-state index is 0.0493. The van der Waals surface area contributed by atoms with Crippen LogP contribution in [-0.4, -0.2) is 49.5 Å². The van der Waals surface area contributed by atoms with Gasteiger partial charge in [-0.2, -0.15) is 0 Å². The Labute approximate surface area is 186 Å². The maximum absolute atomic E-state index is 12.6. The molecule has 2 amide bonds. The van der Waals surface area contributed by atoms with Crippen LogP contribution in [0.25, 0.3) is 0 Å². The standard InChI is InChI=1S/C22H36N2O6S/c1-15(18-10-9-17(23)13-16(18)14-31(8,27)28)11-12-24(19(25)29-21(2,3)4)20(26)30-22(5,6)7/h9-10,13,15H,11-12,14,23H2,1-8H3/t15-/m0/s1. The molecule has 0 saturated heterocycles. The normalized spacial score (nSPS) is 13.4. The molecule has 176 valence electrons. The van der Waals surface area contributed by atoms with Gasteiger partial charge in [0, 0.05) is 18.5 Å². The molecule has 1 rings (SSSR count). The fourth-order valence-corrected chi connectivity index (χ4v) is 3.70. The summed E-state index contributed by atoms with van der Waals surface area (Å²) in [4.78, 5) is 26.2. The van der Waals surface area contributed by atoms with E-state index in [1.54, 1.807) is 59.7 Å².